The highest BCUT2D eigenvalue weighted by molar-refractivity contribution is 7.88. The minimum Gasteiger partial charge on any atom is -0.293 e. The van der Waals surface area contributed by atoms with Crippen molar-refractivity contribution in [3.8, 4) is 5.69 Å². The van der Waals surface area contributed by atoms with Crippen molar-refractivity contribution in [2.24, 2.45) is 0 Å². The Hall–Kier alpha value is -1.95. The summed E-state index contributed by atoms with van der Waals surface area (Å²) < 4.78 is 63.3. The number of benzene rings is 1. The number of rotatable bonds is 3. The standard InChI is InChI=1S/C9H8N2O7S2/c12-9-10-7(19(13,14)15)8(20(16,17)18)11(9)6-4-2-1-3-5-6/h1-5H,(H,10,12)(H,13,14,15)(H,16,17,18). The van der Waals surface area contributed by atoms with E-state index in [-0.39, 0.29) is 5.69 Å². The number of nitrogens with zero attached hydrogens (tertiary/aromatic N) is 1. The van der Waals surface area contributed by atoms with Crippen LogP contribution in [0, 0.1) is 0 Å². The van der Waals surface area contributed by atoms with E-state index in [1.807, 2.05) is 0 Å². The van der Waals surface area contributed by atoms with Crippen LogP contribution in [0.25, 0.3) is 5.69 Å². The maximum Gasteiger partial charge on any atom is 0.332 e. The summed E-state index contributed by atoms with van der Waals surface area (Å²) in [6.07, 6.45) is 0. The van der Waals surface area contributed by atoms with Gasteiger partial charge in [0.05, 0.1) is 5.69 Å². The number of H-pyrrole nitrogens is 1. The van der Waals surface area contributed by atoms with Gasteiger partial charge in [-0.25, -0.2) is 9.36 Å². The molecule has 0 aliphatic rings. The largest absolute Gasteiger partial charge is 0.332 e. The summed E-state index contributed by atoms with van der Waals surface area (Å²) >= 11 is 0. The van der Waals surface area contributed by atoms with Crippen LogP contribution < -0.4 is 5.69 Å². The maximum absolute atomic E-state index is 11.7. The molecule has 0 saturated carbocycles. The normalized spacial score (nSPS) is 12.5. The molecule has 1 heterocycles. The smallest absolute Gasteiger partial charge is 0.293 e. The zero-order valence-corrected chi connectivity index (χ0v) is 11.2. The fourth-order valence-electron chi connectivity index (χ4n) is 1.62. The fraction of sp³-hybridized carbons (Fsp3) is 0. The maximum atomic E-state index is 11.7. The van der Waals surface area contributed by atoms with Crippen LogP contribution in [0.4, 0.5) is 0 Å². The topological polar surface area (TPSA) is 147 Å². The first-order chi connectivity index (χ1) is 9.12. The number of hydrogen-bond donors (Lipinski definition) is 3. The second-order valence-corrected chi connectivity index (χ2v) is 6.38. The lowest BCUT2D eigenvalue weighted by molar-refractivity contribution is 0.458. The summed E-state index contributed by atoms with van der Waals surface area (Å²) in [5, 5.41) is -2.55. The molecule has 9 nitrogen and oxygen atoms in total. The molecule has 11 heteroatoms. The van der Waals surface area contributed by atoms with E-state index in [2.05, 4.69) is 0 Å². The lowest BCUT2D eigenvalue weighted by Gasteiger charge is -2.05. The molecule has 0 atom stereocenters. The van der Waals surface area contributed by atoms with Crippen molar-refractivity contribution < 1.29 is 25.9 Å². The first kappa shape index (κ1) is 14.5. The van der Waals surface area contributed by atoms with Crippen LogP contribution >= 0.6 is 0 Å². The van der Waals surface area contributed by atoms with Crippen molar-refractivity contribution >= 4 is 20.2 Å². The Labute approximate surface area is 113 Å². The third-order valence-electron chi connectivity index (χ3n) is 2.34. The molecule has 0 fully saturated rings. The summed E-state index contributed by atoms with van der Waals surface area (Å²) in [6, 6.07) is 7.15. The van der Waals surface area contributed by atoms with E-state index in [0.717, 1.165) is 0 Å². The average molecular weight is 320 g/mol. The lowest BCUT2D eigenvalue weighted by Crippen LogP contribution is -2.18. The summed E-state index contributed by atoms with van der Waals surface area (Å²) in [6.45, 7) is 0. The van der Waals surface area contributed by atoms with E-state index in [9.17, 15) is 21.6 Å². The zero-order chi connectivity index (χ0) is 15.1. The van der Waals surface area contributed by atoms with Gasteiger partial charge < -0.3 is 0 Å². The number of aromatic nitrogens is 2. The van der Waals surface area contributed by atoms with Crippen molar-refractivity contribution in [3.63, 3.8) is 0 Å². The lowest BCUT2D eigenvalue weighted by atomic mass is 10.3. The van der Waals surface area contributed by atoms with Gasteiger partial charge in [-0.05, 0) is 12.1 Å². The minimum absolute atomic E-state index is 0.00345. The van der Waals surface area contributed by atoms with E-state index in [1.165, 1.54) is 24.3 Å². The van der Waals surface area contributed by atoms with Gasteiger partial charge in [-0.3, -0.25) is 14.1 Å². The number of nitrogens with one attached hydrogen (secondary N) is 1. The van der Waals surface area contributed by atoms with Gasteiger partial charge in [-0.2, -0.15) is 16.8 Å². The molecule has 0 saturated heterocycles. The SMILES string of the molecule is O=c1[nH]c(S(=O)(=O)O)c(S(=O)(=O)O)n1-c1ccccc1. The molecule has 0 bridgehead atoms. The number of hydrogen-bond acceptors (Lipinski definition) is 5. The molecule has 2 rings (SSSR count). The van der Waals surface area contributed by atoms with Crippen LogP contribution in [0.1, 0.15) is 0 Å². The highest BCUT2D eigenvalue weighted by atomic mass is 32.2. The van der Waals surface area contributed by atoms with E-state index < -0.39 is 36.0 Å². The van der Waals surface area contributed by atoms with E-state index in [1.54, 1.807) is 11.1 Å². The quantitative estimate of drug-likeness (QED) is 0.655. The first-order valence-corrected chi connectivity index (χ1v) is 7.86. The van der Waals surface area contributed by atoms with Crippen LogP contribution in [-0.4, -0.2) is 35.5 Å². The monoisotopic (exact) mass is 320 g/mol. The molecule has 108 valence electrons. The Bertz CT molecular complexity index is 907. The highest BCUT2D eigenvalue weighted by Gasteiger charge is 2.32. The minimum atomic E-state index is -5.08. The first-order valence-electron chi connectivity index (χ1n) is 4.98. The van der Waals surface area contributed by atoms with Crippen LogP contribution in [0.2, 0.25) is 0 Å². The van der Waals surface area contributed by atoms with Crippen molar-refractivity contribution in [3.05, 3.63) is 40.8 Å². The Balaban J connectivity index is 2.98. The molecule has 0 aliphatic carbocycles. The van der Waals surface area contributed by atoms with Crippen LogP contribution in [-0.2, 0) is 20.2 Å². The predicted molar refractivity (Wildman–Crippen MR) is 66.0 cm³/mol. The molecule has 0 amide bonds. The molecular formula is C9H8N2O7S2. The van der Waals surface area contributed by atoms with Crippen molar-refractivity contribution in [2.75, 3.05) is 0 Å². The summed E-state index contributed by atoms with van der Waals surface area (Å²) in [4.78, 5) is 13.4. The molecule has 2 aromatic rings. The fourth-order valence-corrected chi connectivity index (χ4v) is 3.48. The number of imidazole rings is 1. The van der Waals surface area contributed by atoms with Crippen LogP contribution in [0.15, 0.2) is 45.2 Å². The molecule has 1 aromatic carbocycles. The Morgan fingerprint density at radius 2 is 1.50 bits per heavy atom. The summed E-state index contributed by atoms with van der Waals surface area (Å²) in [7, 11) is -10.1. The second-order valence-electron chi connectivity index (χ2n) is 3.69. The van der Waals surface area contributed by atoms with E-state index in [0.29, 0.717) is 4.57 Å². The van der Waals surface area contributed by atoms with E-state index >= 15 is 0 Å². The molecule has 0 aliphatic heterocycles. The molecule has 0 radical (unpaired) electrons. The van der Waals surface area contributed by atoms with E-state index in [4.69, 9.17) is 9.11 Å². The average Bonchev–Trinajstić information content (AvgIpc) is 2.67. The Morgan fingerprint density at radius 3 is 1.95 bits per heavy atom. The van der Waals surface area contributed by atoms with Gasteiger partial charge in [0.25, 0.3) is 0 Å². The Kier molecular flexibility index (Phi) is 3.29. The number of para-hydroxylation sites is 1. The van der Waals surface area contributed by atoms with Gasteiger partial charge in [0.1, 0.15) is 0 Å². The third kappa shape index (κ3) is 2.51. The van der Waals surface area contributed by atoms with Crippen LogP contribution in [0.5, 0.6) is 0 Å². The molecule has 1 aromatic heterocycles. The van der Waals surface area contributed by atoms with Gasteiger partial charge in [0, 0.05) is 0 Å². The van der Waals surface area contributed by atoms with Gasteiger partial charge in [0.2, 0.25) is 10.1 Å². The van der Waals surface area contributed by atoms with Gasteiger partial charge >= 0.3 is 25.9 Å². The summed E-state index contributed by atoms with van der Waals surface area (Å²) in [5.41, 5.74) is -1.15. The van der Waals surface area contributed by atoms with Crippen molar-refractivity contribution in [2.45, 2.75) is 10.1 Å². The molecule has 0 spiro atoms. The van der Waals surface area contributed by atoms with Crippen LogP contribution in [0.3, 0.4) is 0 Å². The summed E-state index contributed by atoms with van der Waals surface area (Å²) in [5.74, 6) is 0. The van der Waals surface area contributed by atoms with Gasteiger partial charge in [-0.15, -0.1) is 0 Å². The van der Waals surface area contributed by atoms with Crippen molar-refractivity contribution in [1.82, 2.24) is 9.55 Å². The number of aromatic amines is 1. The third-order valence-corrected chi connectivity index (χ3v) is 4.15. The van der Waals surface area contributed by atoms with Gasteiger partial charge in [-0.1, -0.05) is 18.2 Å². The Morgan fingerprint density at radius 1 is 0.950 bits per heavy atom. The molecule has 20 heavy (non-hydrogen) atoms. The van der Waals surface area contributed by atoms with Crippen molar-refractivity contribution in [1.29, 1.82) is 0 Å². The molecule has 3 N–H and O–H groups in total. The molecule has 0 unspecified atom stereocenters. The van der Waals surface area contributed by atoms with Gasteiger partial charge in [0.15, 0.2) is 0 Å². The second kappa shape index (κ2) is 4.56. The molecular weight excluding hydrogens is 312 g/mol. The zero-order valence-electron chi connectivity index (χ0n) is 9.59. The highest BCUT2D eigenvalue weighted by Crippen LogP contribution is 2.20. The predicted octanol–water partition coefficient (Wildman–Crippen LogP) is -0.341.